The first-order valence-corrected chi connectivity index (χ1v) is 5.63. The topological polar surface area (TPSA) is 60.4 Å². The molecule has 1 fully saturated rings. The molecule has 0 aromatic rings. The van der Waals surface area contributed by atoms with Crippen molar-refractivity contribution in [2.45, 2.75) is 18.3 Å². The number of sulfone groups is 1. The summed E-state index contributed by atoms with van der Waals surface area (Å²) in [7, 11) is -4.44. The summed E-state index contributed by atoms with van der Waals surface area (Å²) in [4.78, 5) is 0. The molecule has 0 amide bonds. The lowest BCUT2D eigenvalue weighted by Gasteiger charge is -2.03. The van der Waals surface area contributed by atoms with Crippen LogP contribution in [0.15, 0.2) is 0 Å². The fourth-order valence-corrected chi connectivity index (χ4v) is 3.41. The molecule has 1 heterocycles. The average molecular weight is 184 g/mol. The maximum Gasteiger partial charge on any atom is 0.181 e. The Bertz CT molecular complexity index is 221. The quantitative estimate of drug-likeness (QED) is 0.575. The molecule has 0 bridgehead atoms. The van der Waals surface area contributed by atoms with Gasteiger partial charge in [-0.2, -0.15) is 0 Å². The molecule has 2 unspecified atom stereocenters. The third kappa shape index (κ3) is 1.59. The summed E-state index contributed by atoms with van der Waals surface area (Å²) in [5, 5.41) is 0. The number of hydrogen-bond acceptors (Lipinski definition) is 4. The Morgan fingerprint density at radius 2 is 2.20 bits per heavy atom. The Kier molecular flexibility index (Phi) is 2.50. The first-order chi connectivity index (χ1) is 4.67. The molecule has 1 rings (SSSR count). The molecular formula is C4H9O4PS. The first-order valence-electron chi connectivity index (χ1n) is 2.97. The minimum Gasteiger partial charge on any atom is -0.313 e. The van der Waals surface area contributed by atoms with E-state index in [1.165, 1.54) is 0 Å². The molecule has 60 valence electrons. The van der Waals surface area contributed by atoms with Gasteiger partial charge in [0.15, 0.2) is 24.0 Å². The fourth-order valence-electron chi connectivity index (χ4n) is 0.977. The molecule has 0 aromatic carbocycles. The van der Waals surface area contributed by atoms with Gasteiger partial charge in [0, 0.05) is 0 Å². The normalized spacial score (nSPS) is 31.8. The van der Waals surface area contributed by atoms with E-state index in [-0.39, 0.29) is 5.75 Å². The van der Waals surface area contributed by atoms with Crippen molar-refractivity contribution in [1.29, 1.82) is 0 Å². The first kappa shape index (κ1) is 8.24. The molecule has 0 N–H and O–H groups in total. The molecule has 0 saturated carbocycles. The van der Waals surface area contributed by atoms with Crippen LogP contribution in [0.4, 0.5) is 0 Å². The summed E-state index contributed by atoms with van der Waals surface area (Å²) in [6.45, 7) is 0. The summed E-state index contributed by atoms with van der Waals surface area (Å²) >= 11 is 0. The second kappa shape index (κ2) is 3.03. The van der Waals surface area contributed by atoms with Crippen LogP contribution in [-0.2, 0) is 18.9 Å². The number of rotatable bonds is 2. The lowest BCUT2D eigenvalue weighted by Crippen LogP contribution is -2.15. The van der Waals surface area contributed by atoms with E-state index in [0.29, 0.717) is 12.8 Å². The van der Waals surface area contributed by atoms with E-state index in [1.807, 2.05) is 0 Å². The molecule has 0 radical (unpaired) electrons. The van der Waals surface area contributed by atoms with Crippen molar-refractivity contribution in [2.75, 3.05) is 5.75 Å². The third-order valence-electron chi connectivity index (χ3n) is 1.48. The van der Waals surface area contributed by atoms with Gasteiger partial charge in [0.2, 0.25) is 0 Å². The summed E-state index contributed by atoms with van der Waals surface area (Å²) in [6.07, 6.45) is 1.13. The van der Waals surface area contributed by atoms with E-state index >= 15 is 0 Å². The lowest BCUT2D eigenvalue weighted by atomic mass is 10.4. The Balaban J connectivity index is 2.69. The van der Waals surface area contributed by atoms with E-state index in [2.05, 4.69) is 4.52 Å². The van der Waals surface area contributed by atoms with Crippen molar-refractivity contribution in [2.24, 2.45) is 0 Å². The summed E-state index contributed by atoms with van der Waals surface area (Å²) in [5.74, 6) is 0.178. The van der Waals surface area contributed by atoms with Crippen LogP contribution in [0.3, 0.4) is 0 Å². The Hall–Kier alpha value is 0.140. The van der Waals surface area contributed by atoms with Crippen molar-refractivity contribution in [3.05, 3.63) is 0 Å². The van der Waals surface area contributed by atoms with Crippen molar-refractivity contribution in [1.82, 2.24) is 0 Å². The maximum atomic E-state index is 10.9. The lowest BCUT2D eigenvalue weighted by molar-refractivity contribution is 0.297. The molecule has 2 atom stereocenters. The van der Waals surface area contributed by atoms with Gasteiger partial charge < -0.3 is 4.52 Å². The highest BCUT2D eigenvalue weighted by molar-refractivity contribution is 7.92. The monoisotopic (exact) mass is 184 g/mol. The minimum atomic E-state index is -3.05. The molecular weight excluding hydrogens is 175 g/mol. The Morgan fingerprint density at radius 1 is 1.50 bits per heavy atom. The van der Waals surface area contributed by atoms with Crippen LogP contribution < -0.4 is 0 Å². The van der Waals surface area contributed by atoms with Crippen molar-refractivity contribution < 1.29 is 17.5 Å². The fraction of sp³-hybridized carbons (Fsp3) is 1.00. The van der Waals surface area contributed by atoms with Crippen molar-refractivity contribution in [3.63, 3.8) is 0 Å². The van der Waals surface area contributed by atoms with E-state index in [1.54, 1.807) is 0 Å². The standard InChI is InChI=1S/C4H9O4PS/c5-9-8-4-2-1-3-10(4,6)7/h4H,1-3,9H2. The summed E-state index contributed by atoms with van der Waals surface area (Å²) in [5.41, 5.74) is -0.778. The largest absolute Gasteiger partial charge is 0.313 e. The smallest absolute Gasteiger partial charge is 0.181 e. The maximum absolute atomic E-state index is 10.9. The summed E-state index contributed by atoms with van der Waals surface area (Å²) < 4.78 is 36.3. The molecule has 0 aliphatic carbocycles. The van der Waals surface area contributed by atoms with E-state index in [9.17, 15) is 13.0 Å². The van der Waals surface area contributed by atoms with Crippen LogP contribution in [0.2, 0.25) is 0 Å². The molecule has 1 aliphatic rings. The van der Waals surface area contributed by atoms with Gasteiger partial charge >= 0.3 is 0 Å². The summed E-state index contributed by atoms with van der Waals surface area (Å²) in [6, 6.07) is 0. The van der Waals surface area contributed by atoms with E-state index in [0.717, 1.165) is 0 Å². The highest BCUT2D eigenvalue weighted by Crippen LogP contribution is 2.23. The van der Waals surface area contributed by atoms with Gasteiger partial charge in [0.1, 0.15) is 0 Å². The Morgan fingerprint density at radius 3 is 2.60 bits per heavy atom. The van der Waals surface area contributed by atoms with Crippen LogP contribution in [-0.4, -0.2) is 19.6 Å². The molecule has 0 spiro atoms. The van der Waals surface area contributed by atoms with Gasteiger partial charge in [-0.1, -0.05) is 0 Å². The van der Waals surface area contributed by atoms with Crippen molar-refractivity contribution >= 4 is 18.5 Å². The van der Waals surface area contributed by atoms with Crippen LogP contribution in [0.5, 0.6) is 0 Å². The van der Waals surface area contributed by atoms with Gasteiger partial charge in [-0.25, -0.2) is 8.42 Å². The van der Waals surface area contributed by atoms with Gasteiger partial charge in [0.05, 0.1) is 5.75 Å². The minimum absolute atomic E-state index is 0.178. The van der Waals surface area contributed by atoms with Gasteiger partial charge in [-0.3, -0.25) is 4.57 Å². The van der Waals surface area contributed by atoms with Crippen LogP contribution >= 0.6 is 8.69 Å². The van der Waals surface area contributed by atoms with Crippen molar-refractivity contribution in [3.8, 4) is 0 Å². The zero-order chi connectivity index (χ0) is 7.61. The highest BCUT2D eigenvalue weighted by Gasteiger charge is 2.31. The predicted octanol–water partition coefficient (Wildman–Crippen LogP) is 0.209. The van der Waals surface area contributed by atoms with Crippen LogP contribution in [0.1, 0.15) is 12.8 Å². The second-order valence-corrected chi connectivity index (χ2v) is 4.90. The zero-order valence-corrected chi connectivity index (χ0v) is 7.29. The van der Waals surface area contributed by atoms with Gasteiger partial charge in [-0.15, -0.1) is 0 Å². The Labute approximate surface area is 60.8 Å². The molecule has 1 saturated heterocycles. The predicted molar refractivity (Wildman–Crippen MR) is 38.3 cm³/mol. The average Bonchev–Trinajstić information content (AvgIpc) is 2.13. The van der Waals surface area contributed by atoms with Gasteiger partial charge in [0.25, 0.3) is 0 Å². The SMILES string of the molecule is O=[PH2]OC1CCCS1(=O)=O. The van der Waals surface area contributed by atoms with Crippen LogP contribution in [0.25, 0.3) is 0 Å². The second-order valence-electron chi connectivity index (χ2n) is 2.17. The van der Waals surface area contributed by atoms with E-state index < -0.39 is 24.0 Å². The van der Waals surface area contributed by atoms with Gasteiger partial charge in [-0.05, 0) is 12.8 Å². The van der Waals surface area contributed by atoms with Crippen LogP contribution in [0, 0.1) is 0 Å². The molecule has 6 heteroatoms. The number of hydrogen-bond donors (Lipinski definition) is 0. The molecule has 4 nitrogen and oxygen atoms in total. The van der Waals surface area contributed by atoms with E-state index in [4.69, 9.17) is 0 Å². The molecule has 10 heavy (non-hydrogen) atoms. The molecule has 1 aliphatic heterocycles. The third-order valence-corrected chi connectivity index (χ3v) is 4.12. The molecule has 0 aromatic heterocycles. The highest BCUT2D eigenvalue weighted by atomic mass is 32.2. The zero-order valence-electron chi connectivity index (χ0n) is 5.32.